The molecule has 2 fully saturated rings. The lowest BCUT2D eigenvalue weighted by molar-refractivity contribution is -0.118. The second-order valence-corrected chi connectivity index (χ2v) is 5.35. The summed E-state index contributed by atoms with van der Waals surface area (Å²) in [6.07, 6.45) is 3.77. The van der Waals surface area contributed by atoms with Gasteiger partial charge in [-0.1, -0.05) is 12.5 Å². The number of carbonyl (C=O) groups excluding carboxylic acids is 1. The number of hydrogen-bond donors (Lipinski definition) is 2. The second kappa shape index (κ2) is 4.81. The predicted octanol–water partition coefficient (Wildman–Crippen LogP) is 2.98. The molecule has 1 amide bonds. The number of nitrogens with two attached hydrogens (primary N) is 1. The minimum Gasteiger partial charge on any atom is -0.399 e. The quantitative estimate of drug-likeness (QED) is 0.809. The predicted molar refractivity (Wildman–Crippen MR) is 75.8 cm³/mol. The van der Waals surface area contributed by atoms with Crippen LogP contribution in [-0.4, -0.2) is 5.91 Å². The number of anilines is 2. The first-order valence-corrected chi connectivity index (χ1v) is 6.34. The van der Waals surface area contributed by atoms with Gasteiger partial charge in [-0.15, -0.1) is 12.4 Å². The molecular weight excluding hydrogens is 248 g/mol. The number of halogens is 1. The van der Waals surface area contributed by atoms with Crippen LogP contribution in [0.2, 0.25) is 0 Å². The van der Waals surface area contributed by atoms with Crippen LogP contribution in [0.15, 0.2) is 18.2 Å². The van der Waals surface area contributed by atoms with Crippen molar-refractivity contribution in [2.24, 2.45) is 17.8 Å². The van der Waals surface area contributed by atoms with Crippen molar-refractivity contribution in [1.82, 2.24) is 0 Å². The maximum atomic E-state index is 12.1. The van der Waals surface area contributed by atoms with Crippen LogP contribution < -0.4 is 11.1 Å². The smallest absolute Gasteiger partial charge is 0.228 e. The molecule has 0 heterocycles. The summed E-state index contributed by atoms with van der Waals surface area (Å²) in [6.45, 7) is 1.99. The third kappa shape index (κ3) is 2.19. The monoisotopic (exact) mass is 266 g/mol. The number of nitrogen functional groups attached to an aromatic ring is 1. The van der Waals surface area contributed by atoms with Gasteiger partial charge in [-0.2, -0.15) is 0 Å². The molecule has 2 atom stereocenters. The average Bonchev–Trinajstić information content (AvgIpc) is 2.78. The summed E-state index contributed by atoms with van der Waals surface area (Å²) in [4.78, 5) is 12.1. The lowest BCUT2D eigenvalue weighted by Crippen LogP contribution is -2.17. The molecule has 2 aliphatic carbocycles. The van der Waals surface area contributed by atoms with E-state index in [0.717, 1.165) is 11.3 Å². The van der Waals surface area contributed by atoms with Crippen molar-refractivity contribution in [3.05, 3.63) is 23.8 Å². The molecule has 3 N–H and O–H groups in total. The van der Waals surface area contributed by atoms with Crippen molar-refractivity contribution in [3.8, 4) is 0 Å². The summed E-state index contributed by atoms with van der Waals surface area (Å²) in [5.41, 5.74) is 8.36. The van der Waals surface area contributed by atoms with E-state index in [0.29, 0.717) is 17.5 Å². The van der Waals surface area contributed by atoms with Gasteiger partial charge in [0, 0.05) is 17.3 Å². The van der Waals surface area contributed by atoms with E-state index in [1.807, 2.05) is 25.1 Å². The Morgan fingerprint density at radius 3 is 2.67 bits per heavy atom. The van der Waals surface area contributed by atoms with Gasteiger partial charge in [0.25, 0.3) is 0 Å². The molecule has 0 radical (unpaired) electrons. The van der Waals surface area contributed by atoms with Crippen LogP contribution in [-0.2, 0) is 4.79 Å². The number of hydrogen-bond acceptors (Lipinski definition) is 2. The summed E-state index contributed by atoms with van der Waals surface area (Å²) < 4.78 is 0. The van der Waals surface area contributed by atoms with Gasteiger partial charge >= 0.3 is 0 Å². The van der Waals surface area contributed by atoms with Gasteiger partial charge in [0.1, 0.15) is 0 Å². The molecule has 4 heteroatoms. The Kier molecular flexibility index (Phi) is 3.53. The normalized spacial score (nSPS) is 28.2. The molecule has 1 aromatic carbocycles. The average molecular weight is 267 g/mol. The lowest BCUT2D eigenvalue weighted by atomic mass is 10.1. The standard InChI is InChI=1S/C14H18N2O.ClH/c1-8-5-6-9(15)7-12(8)16-14(17)13-10-3-2-4-11(10)13;/h5-7,10-11,13H,2-4,15H2,1H3,(H,16,17);1H. The summed E-state index contributed by atoms with van der Waals surface area (Å²) in [7, 11) is 0. The third-order valence-electron chi connectivity index (χ3n) is 4.23. The number of carbonyl (C=O) groups is 1. The molecule has 2 unspecified atom stereocenters. The SMILES string of the molecule is Cc1ccc(N)cc1NC(=O)C1C2CCCC21.Cl. The van der Waals surface area contributed by atoms with Crippen molar-refractivity contribution < 1.29 is 4.79 Å². The molecule has 0 aliphatic heterocycles. The molecular formula is C14H19ClN2O. The molecule has 98 valence electrons. The molecule has 0 aromatic heterocycles. The van der Waals surface area contributed by atoms with Crippen LogP contribution in [0, 0.1) is 24.7 Å². The fourth-order valence-corrected chi connectivity index (χ4v) is 3.20. The van der Waals surface area contributed by atoms with Crippen LogP contribution in [0.5, 0.6) is 0 Å². The van der Waals surface area contributed by atoms with E-state index in [-0.39, 0.29) is 24.2 Å². The van der Waals surface area contributed by atoms with Crippen LogP contribution in [0.1, 0.15) is 24.8 Å². The number of fused-ring (bicyclic) bond motifs is 1. The Labute approximate surface area is 114 Å². The van der Waals surface area contributed by atoms with E-state index in [1.165, 1.54) is 19.3 Å². The van der Waals surface area contributed by atoms with Gasteiger partial charge in [-0.25, -0.2) is 0 Å². The number of rotatable bonds is 2. The maximum Gasteiger partial charge on any atom is 0.228 e. The van der Waals surface area contributed by atoms with Gasteiger partial charge in [0.15, 0.2) is 0 Å². The number of nitrogens with one attached hydrogen (secondary N) is 1. The maximum absolute atomic E-state index is 12.1. The molecule has 0 saturated heterocycles. The molecule has 3 rings (SSSR count). The fourth-order valence-electron chi connectivity index (χ4n) is 3.20. The fraction of sp³-hybridized carbons (Fsp3) is 0.500. The Morgan fingerprint density at radius 1 is 1.33 bits per heavy atom. The van der Waals surface area contributed by atoms with Gasteiger partial charge in [0.2, 0.25) is 5.91 Å². The van der Waals surface area contributed by atoms with Crippen LogP contribution in [0.4, 0.5) is 11.4 Å². The van der Waals surface area contributed by atoms with Crippen LogP contribution in [0.25, 0.3) is 0 Å². The first-order chi connectivity index (χ1) is 8.16. The zero-order valence-electron chi connectivity index (χ0n) is 10.5. The van der Waals surface area contributed by atoms with E-state index >= 15 is 0 Å². The van der Waals surface area contributed by atoms with Gasteiger partial charge in [-0.05, 0) is 49.3 Å². The highest BCUT2D eigenvalue weighted by atomic mass is 35.5. The highest BCUT2D eigenvalue weighted by Crippen LogP contribution is 2.57. The van der Waals surface area contributed by atoms with E-state index in [1.54, 1.807) is 0 Å². The van der Waals surface area contributed by atoms with Crippen LogP contribution >= 0.6 is 12.4 Å². The van der Waals surface area contributed by atoms with Crippen molar-refractivity contribution in [2.45, 2.75) is 26.2 Å². The largest absolute Gasteiger partial charge is 0.399 e. The summed E-state index contributed by atoms with van der Waals surface area (Å²) in [5, 5.41) is 3.02. The van der Waals surface area contributed by atoms with Gasteiger partial charge in [0.05, 0.1) is 0 Å². The second-order valence-electron chi connectivity index (χ2n) is 5.35. The zero-order valence-corrected chi connectivity index (χ0v) is 11.3. The molecule has 1 aromatic rings. The van der Waals surface area contributed by atoms with E-state index in [9.17, 15) is 4.79 Å². The Bertz CT molecular complexity index is 465. The van der Waals surface area contributed by atoms with E-state index in [2.05, 4.69) is 5.32 Å². The topological polar surface area (TPSA) is 55.1 Å². The molecule has 18 heavy (non-hydrogen) atoms. The Balaban J connectivity index is 0.00000120. The first kappa shape index (κ1) is 13.2. The Morgan fingerprint density at radius 2 is 2.00 bits per heavy atom. The van der Waals surface area contributed by atoms with Gasteiger partial charge in [-0.3, -0.25) is 4.79 Å². The summed E-state index contributed by atoms with van der Waals surface area (Å²) in [5.74, 6) is 1.78. The first-order valence-electron chi connectivity index (χ1n) is 6.34. The molecule has 3 nitrogen and oxygen atoms in total. The minimum absolute atomic E-state index is 0. The van der Waals surface area contributed by atoms with Crippen molar-refractivity contribution in [2.75, 3.05) is 11.1 Å². The van der Waals surface area contributed by atoms with Crippen molar-refractivity contribution >= 4 is 29.7 Å². The van der Waals surface area contributed by atoms with E-state index < -0.39 is 0 Å². The summed E-state index contributed by atoms with van der Waals surface area (Å²) >= 11 is 0. The van der Waals surface area contributed by atoms with E-state index in [4.69, 9.17) is 5.73 Å². The van der Waals surface area contributed by atoms with Crippen molar-refractivity contribution in [1.29, 1.82) is 0 Å². The number of amides is 1. The third-order valence-corrected chi connectivity index (χ3v) is 4.23. The minimum atomic E-state index is 0. The molecule has 2 saturated carbocycles. The zero-order chi connectivity index (χ0) is 12.0. The number of benzene rings is 1. The Hall–Kier alpha value is -1.22. The molecule has 0 bridgehead atoms. The van der Waals surface area contributed by atoms with Gasteiger partial charge < -0.3 is 11.1 Å². The lowest BCUT2D eigenvalue weighted by Gasteiger charge is -2.10. The number of aryl methyl sites for hydroxylation is 1. The summed E-state index contributed by atoms with van der Waals surface area (Å²) in [6, 6.07) is 5.64. The van der Waals surface area contributed by atoms with Crippen molar-refractivity contribution in [3.63, 3.8) is 0 Å². The molecule has 0 spiro atoms. The van der Waals surface area contributed by atoms with Crippen LogP contribution in [0.3, 0.4) is 0 Å². The highest BCUT2D eigenvalue weighted by molar-refractivity contribution is 5.96. The molecule has 2 aliphatic rings. The highest BCUT2D eigenvalue weighted by Gasteiger charge is 2.56.